The van der Waals surface area contributed by atoms with Gasteiger partial charge in [-0.1, -0.05) is 62.6 Å². The zero-order valence-corrected chi connectivity index (χ0v) is 12.9. The van der Waals surface area contributed by atoms with Gasteiger partial charge >= 0.3 is 5.97 Å². The summed E-state index contributed by atoms with van der Waals surface area (Å²) >= 11 is 0. The fraction of sp³-hybridized carbons (Fsp3) is 0.611. The van der Waals surface area contributed by atoms with Crippen molar-refractivity contribution in [3.05, 3.63) is 36.5 Å². The molecular weight excluding hydrogens is 266 g/mol. The molecule has 0 fully saturated rings. The van der Waals surface area contributed by atoms with Gasteiger partial charge in [0.1, 0.15) is 0 Å². The number of hydrogen-bond acceptors (Lipinski definition) is 1. The number of hydrogen-bond donors (Lipinski definition) is 1. The van der Waals surface area contributed by atoms with Gasteiger partial charge in [0, 0.05) is 6.42 Å². The Labute approximate surface area is 124 Å². The van der Waals surface area contributed by atoms with Gasteiger partial charge in [-0.05, 0) is 38.5 Å². The summed E-state index contributed by atoms with van der Waals surface area (Å²) in [6.45, 7) is 2.15. The van der Waals surface area contributed by atoms with Gasteiger partial charge < -0.3 is 5.11 Å². The Kier molecular flexibility index (Phi) is 14.7. The van der Waals surface area contributed by atoms with Crippen LogP contribution in [0.25, 0.3) is 0 Å². The third-order valence-corrected chi connectivity index (χ3v) is 3.04. The Balaban J connectivity index is 3.23. The highest BCUT2D eigenvalue weighted by atomic mass is 16.5. The molecule has 0 radical (unpaired) electrons. The molecule has 0 bridgehead atoms. The van der Waals surface area contributed by atoms with E-state index < -0.39 is 5.97 Å². The zero-order valence-electron chi connectivity index (χ0n) is 12.9. The van der Waals surface area contributed by atoms with Crippen molar-refractivity contribution in [3.63, 3.8) is 0 Å². The largest absolute Gasteiger partial charge is 0.481 e. The third-order valence-electron chi connectivity index (χ3n) is 3.04. The molecule has 0 spiro atoms. The number of rotatable bonds is 13. The topological polar surface area (TPSA) is 37.3 Å². The first-order chi connectivity index (χ1) is 9.77. The third kappa shape index (κ3) is 16.7. The second kappa shape index (κ2) is 15.7. The van der Waals surface area contributed by atoms with Crippen molar-refractivity contribution in [2.24, 2.45) is 0 Å². The summed E-state index contributed by atoms with van der Waals surface area (Å²) in [6, 6.07) is 0. The van der Waals surface area contributed by atoms with Crippen molar-refractivity contribution in [3.8, 4) is 0 Å². The standard InChI is InChI=1S/C18H30O2/c1-2-3-4-5-6-7-8-9-10-11-12-13-14-15-16-17-18(19)20/h3-4,6-7,9-10H,2,5,8,11-17H2,1H3,(H,19,20)/i1+1,2+1,3+1,4+1,5+1,6+1,7+1,8+1,9+1,10+1,11+1,12+1,13+1,14+1,15+1,16+1,17+1,18+1. The van der Waals surface area contributed by atoms with E-state index in [9.17, 15) is 4.79 Å². The molecular formula is C18H30O2. The minimum Gasteiger partial charge on any atom is -0.481 e. The van der Waals surface area contributed by atoms with Gasteiger partial charge in [-0.2, -0.15) is 0 Å². The summed E-state index contributed by atoms with van der Waals surface area (Å²) < 4.78 is 0. The Hall–Kier alpha value is -1.31. The highest BCUT2D eigenvalue weighted by Gasteiger charge is 1.95. The molecule has 0 saturated carbocycles. The molecule has 0 atom stereocenters. The van der Waals surface area contributed by atoms with Crippen LogP contribution in [0.3, 0.4) is 0 Å². The average molecular weight is 296 g/mol. The van der Waals surface area contributed by atoms with E-state index in [4.69, 9.17) is 5.11 Å². The number of allylic oxidation sites excluding steroid dienone is 6. The number of unbranched alkanes of at least 4 members (excludes halogenated alkanes) is 5. The summed E-state index contributed by atoms with van der Waals surface area (Å²) in [7, 11) is 0. The first-order valence-corrected chi connectivity index (χ1v) is 7.94. The van der Waals surface area contributed by atoms with E-state index in [1.54, 1.807) is 0 Å². The maximum Gasteiger partial charge on any atom is 0.303 e. The normalized spacial score (nSPS) is 12.1. The number of carboxylic acids is 1. The SMILES string of the molecule is [13CH3][13CH2][13CH]=[13CH][13CH2][13CH]=[13CH][13CH2][13CH]=[13CH][13CH2][13CH2][13CH2][13CH2][13CH2][13CH2][13CH2][13C](=O)O. The van der Waals surface area contributed by atoms with Gasteiger partial charge in [0.05, 0.1) is 0 Å². The molecule has 20 heavy (non-hydrogen) atoms. The summed E-state index contributed by atoms with van der Waals surface area (Å²) in [5, 5.41) is 8.50. The van der Waals surface area contributed by atoms with Crippen molar-refractivity contribution >= 4 is 5.97 Å². The summed E-state index contributed by atoms with van der Waals surface area (Å²) in [5.74, 6) is -0.675. The van der Waals surface area contributed by atoms with Crippen molar-refractivity contribution in [1.82, 2.24) is 0 Å². The minimum absolute atomic E-state index is 0.319. The van der Waals surface area contributed by atoms with Crippen molar-refractivity contribution < 1.29 is 9.90 Å². The Morgan fingerprint density at radius 3 is 2.00 bits per heavy atom. The molecule has 0 rings (SSSR count). The van der Waals surface area contributed by atoms with E-state index in [0.29, 0.717) is 6.42 Å². The van der Waals surface area contributed by atoms with Crippen LogP contribution in [0.1, 0.15) is 71.1 Å². The molecule has 2 nitrogen and oxygen atoms in total. The van der Waals surface area contributed by atoms with Gasteiger partial charge in [-0.25, -0.2) is 0 Å². The van der Waals surface area contributed by atoms with E-state index in [0.717, 1.165) is 44.9 Å². The first-order valence-electron chi connectivity index (χ1n) is 7.94. The molecule has 0 saturated heterocycles. The summed E-state index contributed by atoms with van der Waals surface area (Å²) in [6.07, 6.45) is 23.4. The molecule has 0 aliphatic rings. The predicted octanol–water partition coefficient (Wildman–Crippen LogP) is 5.66. The predicted molar refractivity (Wildman–Crippen MR) is 86.9 cm³/mol. The molecule has 1 N–H and O–H groups in total. The highest BCUT2D eigenvalue weighted by molar-refractivity contribution is 5.66. The summed E-state index contributed by atoms with van der Waals surface area (Å²) in [5.41, 5.74) is 0. The van der Waals surface area contributed by atoms with Crippen LogP contribution >= 0.6 is 0 Å². The molecule has 0 aliphatic carbocycles. The quantitative estimate of drug-likeness (QED) is 0.270. The van der Waals surface area contributed by atoms with Crippen LogP contribution < -0.4 is 0 Å². The Morgan fingerprint density at radius 1 is 0.800 bits per heavy atom. The fourth-order valence-electron chi connectivity index (χ4n) is 1.90. The lowest BCUT2D eigenvalue weighted by molar-refractivity contribution is -0.137. The lowest BCUT2D eigenvalue weighted by Crippen LogP contribution is -1.93. The lowest BCUT2D eigenvalue weighted by Gasteiger charge is -1.98. The van der Waals surface area contributed by atoms with Crippen LogP contribution in [0.2, 0.25) is 0 Å². The van der Waals surface area contributed by atoms with Crippen LogP contribution in [0.15, 0.2) is 36.5 Å². The molecule has 0 aromatic rings. The Bertz CT molecular complexity index is 301. The molecule has 114 valence electrons. The molecule has 0 heterocycles. The maximum absolute atomic E-state index is 10.3. The highest BCUT2D eigenvalue weighted by Crippen LogP contribution is 2.07. The summed E-state index contributed by atoms with van der Waals surface area (Å²) in [4.78, 5) is 10.3. The zero-order chi connectivity index (χ0) is 14.9. The van der Waals surface area contributed by atoms with E-state index >= 15 is 0 Å². The fourth-order valence-corrected chi connectivity index (χ4v) is 1.90. The van der Waals surface area contributed by atoms with Crippen LogP contribution in [-0.4, -0.2) is 11.1 Å². The van der Waals surface area contributed by atoms with Gasteiger partial charge in [-0.15, -0.1) is 0 Å². The van der Waals surface area contributed by atoms with Crippen LogP contribution in [0, 0.1) is 0 Å². The molecule has 0 aromatic heterocycles. The first kappa shape index (κ1) is 18.7. The smallest absolute Gasteiger partial charge is 0.303 e. The Morgan fingerprint density at radius 2 is 1.35 bits per heavy atom. The van der Waals surface area contributed by atoms with Gasteiger partial charge in [0.15, 0.2) is 0 Å². The maximum atomic E-state index is 10.3. The molecule has 2 heteroatoms. The molecule has 0 amide bonds. The number of carboxylic acid groups (broad SMARTS) is 1. The van der Waals surface area contributed by atoms with Crippen LogP contribution in [0.5, 0.6) is 0 Å². The monoisotopic (exact) mass is 296 g/mol. The van der Waals surface area contributed by atoms with Crippen LogP contribution in [0.4, 0.5) is 0 Å². The lowest BCUT2D eigenvalue weighted by atomic mass is 11.1. The van der Waals surface area contributed by atoms with E-state index in [1.165, 1.54) is 12.8 Å². The molecule has 0 unspecified atom stereocenters. The van der Waals surface area contributed by atoms with Gasteiger partial charge in [0.25, 0.3) is 0 Å². The second-order valence-corrected chi connectivity index (χ2v) is 4.99. The molecule has 0 aromatic carbocycles. The van der Waals surface area contributed by atoms with Crippen molar-refractivity contribution in [2.75, 3.05) is 0 Å². The van der Waals surface area contributed by atoms with Crippen molar-refractivity contribution in [2.45, 2.75) is 71.1 Å². The van der Waals surface area contributed by atoms with Crippen molar-refractivity contribution in [1.29, 1.82) is 0 Å². The van der Waals surface area contributed by atoms with E-state index in [2.05, 4.69) is 43.4 Å². The second-order valence-electron chi connectivity index (χ2n) is 4.99. The van der Waals surface area contributed by atoms with Gasteiger partial charge in [-0.3, -0.25) is 4.79 Å². The molecule has 0 aliphatic heterocycles. The number of aliphatic carboxylic acids is 1. The number of carbonyl (C=O) groups is 1. The minimum atomic E-state index is -0.675. The van der Waals surface area contributed by atoms with E-state index in [1.807, 2.05) is 0 Å². The van der Waals surface area contributed by atoms with Crippen LogP contribution in [-0.2, 0) is 4.79 Å². The van der Waals surface area contributed by atoms with E-state index in [-0.39, 0.29) is 0 Å². The van der Waals surface area contributed by atoms with Gasteiger partial charge in [0.2, 0.25) is 0 Å². The average Bonchev–Trinajstić information content (AvgIpc) is 2.43.